The maximum Gasteiger partial charge on any atom is 0.0713 e. The van der Waals surface area contributed by atoms with Crippen LogP contribution in [0.3, 0.4) is 0 Å². The van der Waals surface area contributed by atoms with Crippen LogP contribution in [-0.4, -0.2) is 0 Å². The minimum absolute atomic E-state index is 0.427. The first-order valence-corrected chi connectivity index (χ1v) is 11.9. The monoisotopic (exact) mass is 426 g/mol. The van der Waals surface area contributed by atoms with Gasteiger partial charge < -0.3 is 0 Å². The van der Waals surface area contributed by atoms with E-state index in [1.54, 1.807) is 0 Å². The van der Waals surface area contributed by atoms with E-state index in [4.69, 9.17) is 0 Å². The normalized spacial score (nSPS) is 13.1. The van der Waals surface area contributed by atoms with Crippen molar-refractivity contribution < 1.29 is 0 Å². The molecule has 32 heavy (non-hydrogen) atoms. The Morgan fingerprint density at radius 1 is 0.656 bits per heavy atom. The van der Waals surface area contributed by atoms with Crippen molar-refractivity contribution in [3.63, 3.8) is 0 Å². The first kappa shape index (κ1) is 28.9. The molecule has 0 N–H and O–H groups in total. The highest BCUT2D eigenvalue weighted by Crippen LogP contribution is 2.56. The molecular formula is C32H42. The molecule has 2 aromatic rings. The van der Waals surface area contributed by atoms with Crippen molar-refractivity contribution in [2.45, 2.75) is 53.9 Å². The quantitative estimate of drug-likeness (QED) is 0.403. The Kier molecular flexibility index (Phi) is 14.1. The molecule has 1 aliphatic carbocycles. The Balaban J connectivity index is 0.00000148. The van der Waals surface area contributed by atoms with E-state index < -0.39 is 5.41 Å². The molecule has 0 bridgehead atoms. The average Bonchev–Trinajstić information content (AvgIpc) is 3.17. The summed E-state index contributed by atoms with van der Waals surface area (Å²) < 4.78 is 0. The van der Waals surface area contributed by atoms with Crippen LogP contribution in [0.5, 0.6) is 0 Å². The summed E-state index contributed by atoms with van der Waals surface area (Å²) in [5.41, 5.74) is 6.90. The summed E-state index contributed by atoms with van der Waals surface area (Å²) in [4.78, 5) is 0. The molecule has 0 spiro atoms. The van der Waals surface area contributed by atoms with Crippen LogP contribution in [0.25, 0.3) is 11.1 Å². The zero-order valence-corrected chi connectivity index (χ0v) is 21.3. The Bertz CT molecular complexity index is 902. The van der Waals surface area contributed by atoms with Gasteiger partial charge in [-0.1, -0.05) is 152 Å². The van der Waals surface area contributed by atoms with Crippen molar-refractivity contribution in [3.05, 3.63) is 133 Å². The standard InChI is InChI=1S/C26H24.3C2H6/c1-5-13-20(8-4)26(21(14-6-2)15-7-3)24-18-11-9-16-22(24)23-17-10-12-19-25(23)26;3*1-2/h5-19H,1-2,4H2,3H3;3*1-2H3/b15-7-,20-13+,21-14+;;;. The Morgan fingerprint density at radius 2 is 1.06 bits per heavy atom. The van der Waals surface area contributed by atoms with E-state index in [0.717, 1.165) is 5.57 Å². The van der Waals surface area contributed by atoms with E-state index >= 15 is 0 Å². The second-order valence-corrected chi connectivity index (χ2v) is 6.26. The summed E-state index contributed by atoms with van der Waals surface area (Å²) in [6, 6.07) is 17.3. The molecule has 0 aliphatic heterocycles. The highest BCUT2D eigenvalue weighted by Gasteiger charge is 2.46. The van der Waals surface area contributed by atoms with Gasteiger partial charge in [-0.05, 0) is 40.3 Å². The molecule has 0 saturated heterocycles. The predicted molar refractivity (Wildman–Crippen MR) is 148 cm³/mol. The largest absolute Gasteiger partial charge is 0.0991 e. The van der Waals surface area contributed by atoms with Crippen molar-refractivity contribution >= 4 is 0 Å². The molecule has 170 valence electrons. The second-order valence-electron chi connectivity index (χ2n) is 6.26. The molecule has 0 saturated carbocycles. The summed E-state index contributed by atoms with van der Waals surface area (Å²) in [7, 11) is 0. The molecule has 0 atom stereocenters. The molecule has 3 rings (SSSR count). The molecule has 0 heterocycles. The van der Waals surface area contributed by atoms with Gasteiger partial charge in [-0.25, -0.2) is 0 Å². The maximum atomic E-state index is 4.12. The second kappa shape index (κ2) is 15.6. The summed E-state index contributed by atoms with van der Waals surface area (Å²) in [5, 5.41) is 0. The minimum atomic E-state index is -0.427. The lowest BCUT2D eigenvalue weighted by Crippen LogP contribution is -2.29. The third-order valence-corrected chi connectivity index (χ3v) is 4.98. The minimum Gasteiger partial charge on any atom is -0.0991 e. The summed E-state index contributed by atoms with van der Waals surface area (Å²) in [6.07, 6.45) is 14.0. The van der Waals surface area contributed by atoms with Gasteiger partial charge in [0, 0.05) is 0 Å². The van der Waals surface area contributed by atoms with E-state index in [0.29, 0.717) is 0 Å². The number of hydrogen-bond acceptors (Lipinski definition) is 0. The Hall–Kier alpha value is -3.12. The van der Waals surface area contributed by atoms with Crippen molar-refractivity contribution in [2.24, 2.45) is 0 Å². The van der Waals surface area contributed by atoms with Gasteiger partial charge in [-0.15, -0.1) is 0 Å². The van der Waals surface area contributed by atoms with Gasteiger partial charge in [0.05, 0.1) is 5.41 Å². The average molecular weight is 427 g/mol. The van der Waals surface area contributed by atoms with Crippen LogP contribution in [-0.2, 0) is 5.41 Å². The Morgan fingerprint density at radius 3 is 1.44 bits per heavy atom. The number of fused-ring (bicyclic) bond motifs is 3. The molecule has 0 aromatic heterocycles. The van der Waals surface area contributed by atoms with Gasteiger partial charge in [-0.3, -0.25) is 0 Å². The molecule has 0 fully saturated rings. The van der Waals surface area contributed by atoms with E-state index in [-0.39, 0.29) is 0 Å². The zero-order valence-electron chi connectivity index (χ0n) is 21.3. The predicted octanol–water partition coefficient (Wildman–Crippen LogP) is 10.0. The van der Waals surface area contributed by atoms with Crippen molar-refractivity contribution in [3.8, 4) is 11.1 Å². The van der Waals surface area contributed by atoms with Gasteiger partial charge in [-0.2, -0.15) is 0 Å². The van der Waals surface area contributed by atoms with Gasteiger partial charge in [0.25, 0.3) is 0 Å². The van der Waals surface area contributed by atoms with Gasteiger partial charge >= 0.3 is 0 Å². The first-order valence-electron chi connectivity index (χ1n) is 11.9. The zero-order chi connectivity index (χ0) is 24.6. The lowest BCUT2D eigenvalue weighted by atomic mass is 9.66. The molecule has 0 amide bonds. The smallest absolute Gasteiger partial charge is 0.0713 e. The van der Waals surface area contributed by atoms with Crippen molar-refractivity contribution in [1.82, 2.24) is 0 Å². The number of hydrogen-bond donors (Lipinski definition) is 0. The molecule has 0 unspecified atom stereocenters. The number of rotatable bonds is 6. The van der Waals surface area contributed by atoms with Crippen LogP contribution in [0.4, 0.5) is 0 Å². The fourth-order valence-corrected chi connectivity index (χ4v) is 4.11. The van der Waals surface area contributed by atoms with Crippen LogP contribution < -0.4 is 0 Å². The summed E-state index contributed by atoms with van der Waals surface area (Å²) in [6.45, 7) is 26.1. The molecule has 0 heteroatoms. The van der Waals surface area contributed by atoms with Gasteiger partial charge in [0.15, 0.2) is 0 Å². The van der Waals surface area contributed by atoms with E-state index in [9.17, 15) is 0 Å². The highest BCUT2D eigenvalue weighted by molar-refractivity contribution is 5.87. The van der Waals surface area contributed by atoms with Crippen LogP contribution in [0, 0.1) is 0 Å². The highest BCUT2D eigenvalue weighted by atomic mass is 14.5. The number of allylic oxidation sites excluding steroid dienone is 9. The fraction of sp³-hybridized carbons (Fsp3) is 0.250. The maximum absolute atomic E-state index is 4.12. The first-order chi connectivity index (χ1) is 15.7. The van der Waals surface area contributed by atoms with E-state index in [1.807, 2.05) is 66.7 Å². The van der Waals surface area contributed by atoms with Gasteiger partial charge in [0.1, 0.15) is 0 Å². The van der Waals surface area contributed by atoms with Crippen LogP contribution in [0.15, 0.2) is 122 Å². The SMILES string of the molecule is C=C/C=C(\C=C)C1(C(/C=C\C)=C/C=C)c2ccccc2-c2ccccc21.CC.CC.CC. The third kappa shape index (κ3) is 5.37. The fourth-order valence-electron chi connectivity index (χ4n) is 4.11. The Labute approximate surface area is 198 Å². The molecule has 0 radical (unpaired) electrons. The van der Waals surface area contributed by atoms with Crippen molar-refractivity contribution in [2.75, 3.05) is 0 Å². The van der Waals surface area contributed by atoms with Crippen LogP contribution >= 0.6 is 0 Å². The summed E-state index contributed by atoms with van der Waals surface area (Å²) in [5.74, 6) is 0. The van der Waals surface area contributed by atoms with Crippen LogP contribution in [0.1, 0.15) is 59.6 Å². The topological polar surface area (TPSA) is 0 Å². The van der Waals surface area contributed by atoms with Crippen molar-refractivity contribution in [1.29, 1.82) is 0 Å². The van der Waals surface area contributed by atoms with E-state index in [2.05, 4.69) is 92.6 Å². The molecule has 0 nitrogen and oxygen atoms in total. The third-order valence-electron chi connectivity index (χ3n) is 4.98. The molecular weight excluding hydrogens is 384 g/mol. The van der Waals surface area contributed by atoms with Crippen LogP contribution in [0.2, 0.25) is 0 Å². The lowest BCUT2D eigenvalue weighted by molar-refractivity contribution is 0.766. The summed E-state index contributed by atoms with van der Waals surface area (Å²) >= 11 is 0. The van der Waals surface area contributed by atoms with Gasteiger partial charge in [0.2, 0.25) is 0 Å². The molecule has 2 aromatic carbocycles. The lowest BCUT2D eigenvalue weighted by Gasteiger charge is -2.35. The molecule has 1 aliphatic rings. The van der Waals surface area contributed by atoms with E-state index in [1.165, 1.54) is 27.8 Å². The number of benzene rings is 2.